The molecule has 0 atom stereocenters. The quantitative estimate of drug-likeness (QED) is 0.466. The molecule has 0 aliphatic rings. The van der Waals surface area contributed by atoms with Crippen LogP contribution in [0.25, 0.3) is 0 Å². The maximum atomic E-state index is 12.5. The molecule has 0 bridgehead atoms. The smallest absolute Gasteiger partial charge is 0.340 e. The zero-order valence-electron chi connectivity index (χ0n) is 18.9. The Bertz CT molecular complexity index is 1150. The van der Waals surface area contributed by atoms with Crippen LogP contribution in [0.5, 0.6) is 0 Å². The molecule has 9 heteroatoms. The molecule has 3 rings (SSSR count). The Labute approximate surface area is 196 Å². The first-order valence-corrected chi connectivity index (χ1v) is 10.7. The van der Waals surface area contributed by atoms with Crippen LogP contribution in [-0.2, 0) is 9.53 Å². The first-order chi connectivity index (χ1) is 16.4. The number of furan rings is 1. The normalized spacial score (nSPS) is 10.3. The zero-order chi connectivity index (χ0) is 24.5. The molecular weight excluding hydrogens is 438 g/mol. The molecule has 0 aliphatic carbocycles. The van der Waals surface area contributed by atoms with E-state index in [1.807, 2.05) is 13.8 Å². The number of carbonyl (C=O) groups excluding carboxylic acids is 4. The highest BCUT2D eigenvalue weighted by molar-refractivity contribution is 6.07. The van der Waals surface area contributed by atoms with Gasteiger partial charge in [0.05, 0.1) is 17.5 Å². The molecule has 0 fully saturated rings. The summed E-state index contributed by atoms with van der Waals surface area (Å²) in [6.07, 6.45) is 1.37. The molecule has 2 N–H and O–H groups in total. The number of esters is 1. The fourth-order valence-electron chi connectivity index (χ4n) is 3.16. The van der Waals surface area contributed by atoms with Gasteiger partial charge in [-0.05, 0) is 62.4 Å². The monoisotopic (exact) mass is 463 g/mol. The number of hydrogen-bond donors (Lipinski definition) is 2. The first-order valence-electron chi connectivity index (χ1n) is 10.7. The Morgan fingerprint density at radius 1 is 0.882 bits per heavy atom. The summed E-state index contributed by atoms with van der Waals surface area (Å²) in [7, 11) is 0. The minimum absolute atomic E-state index is 0.0883. The third-order valence-electron chi connectivity index (χ3n) is 4.94. The molecule has 0 unspecified atom stereocenters. The molecule has 0 spiro atoms. The summed E-state index contributed by atoms with van der Waals surface area (Å²) >= 11 is 0. The average Bonchev–Trinajstić information content (AvgIpc) is 3.39. The lowest BCUT2D eigenvalue weighted by atomic mass is 10.1. The summed E-state index contributed by atoms with van der Waals surface area (Å²) in [6.45, 7) is 4.49. The second kappa shape index (κ2) is 11.5. The van der Waals surface area contributed by atoms with Gasteiger partial charge in [0.1, 0.15) is 0 Å². The van der Waals surface area contributed by atoms with E-state index in [4.69, 9.17) is 9.15 Å². The second-order valence-electron chi connectivity index (χ2n) is 7.16. The van der Waals surface area contributed by atoms with Gasteiger partial charge in [0.25, 0.3) is 17.7 Å². The van der Waals surface area contributed by atoms with E-state index in [1.54, 1.807) is 53.4 Å². The van der Waals surface area contributed by atoms with Crippen molar-refractivity contribution >= 4 is 35.1 Å². The molecule has 1 aromatic heterocycles. The fourth-order valence-corrected chi connectivity index (χ4v) is 3.16. The maximum absolute atomic E-state index is 12.5. The van der Waals surface area contributed by atoms with Crippen LogP contribution in [0.2, 0.25) is 0 Å². The van der Waals surface area contributed by atoms with Crippen LogP contribution in [0.15, 0.2) is 71.3 Å². The van der Waals surface area contributed by atoms with E-state index >= 15 is 0 Å². The highest BCUT2D eigenvalue weighted by Crippen LogP contribution is 2.18. The third-order valence-corrected chi connectivity index (χ3v) is 4.94. The summed E-state index contributed by atoms with van der Waals surface area (Å²) in [4.78, 5) is 51.0. The van der Waals surface area contributed by atoms with Gasteiger partial charge in [-0.15, -0.1) is 0 Å². The Kier molecular flexibility index (Phi) is 8.17. The Hall–Kier alpha value is -4.40. The predicted molar refractivity (Wildman–Crippen MR) is 126 cm³/mol. The van der Waals surface area contributed by atoms with Crippen LogP contribution in [0, 0.1) is 0 Å². The van der Waals surface area contributed by atoms with Crippen molar-refractivity contribution in [3.63, 3.8) is 0 Å². The molecule has 9 nitrogen and oxygen atoms in total. The molecule has 0 saturated heterocycles. The molecule has 3 amide bonds. The number of hydrogen-bond acceptors (Lipinski definition) is 6. The van der Waals surface area contributed by atoms with Crippen LogP contribution in [0.1, 0.15) is 45.1 Å². The van der Waals surface area contributed by atoms with Gasteiger partial charge in [-0.2, -0.15) is 0 Å². The van der Waals surface area contributed by atoms with Crippen molar-refractivity contribution in [1.82, 2.24) is 4.90 Å². The van der Waals surface area contributed by atoms with E-state index in [0.29, 0.717) is 24.3 Å². The van der Waals surface area contributed by atoms with Gasteiger partial charge >= 0.3 is 5.97 Å². The number of nitrogens with one attached hydrogen (secondary N) is 2. The number of carbonyl (C=O) groups is 4. The minimum atomic E-state index is -0.773. The number of amides is 3. The predicted octanol–water partition coefficient (Wildman–Crippen LogP) is 3.81. The number of ether oxygens (including phenoxy) is 1. The van der Waals surface area contributed by atoms with Crippen LogP contribution >= 0.6 is 0 Å². The summed E-state index contributed by atoms with van der Waals surface area (Å²) in [5.41, 5.74) is 1.29. The van der Waals surface area contributed by atoms with Gasteiger partial charge in [0, 0.05) is 24.3 Å². The van der Waals surface area contributed by atoms with Gasteiger partial charge in [0.2, 0.25) is 0 Å². The highest BCUT2D eigenvalue weighted by Gasteiger charge is 2.18. The number of nitrogens with zero attached hydrogens (tertiary/aromatic N) is 1. The summed E-state index contributed by atoms with van der Waals surface area (Å²) < 4.78 is 10.2. The van der Waals surface area contributed by atoms with Gasteiger partial charge < -0.3 is 24.7 Å². The molecular formula is C25H25N3O6. The Morgan fingerprint density at radius 2 is 1.59 bits per heavy atom. The van der Waals surface area contributed by atoms with Crippen molar-refractivity contribution in [3.8, 4) is 0 Å². The number of rotatable bonds is 9. The third kappa shape index (κ3) is 6.10. The van der Waals surface area contributed by atoms with E-state index in [9.17, 15) is 19.2 Å². The second-order valence-corrected chi connectivity index (χ2v) is 7.16. The van der Waals surface area contributed by atoms with E-state index in [0.717, 1.165) is 0 Å². The summed E-state index contributed by atoms with van der Waals surface area (Å²) in [6, 6.07) is 15.8. The molecule has 0 aliphatic heterocycles. The lowest BCUT2D eigenvalue weighted by molar-refractivity contribution is -0.119. The van der Waals surface area contributed by atoms with Crippen molar-refractivity contribution in [2.24, 2.45) is 0 Å². The van der Waals surface area contributed by atoms with E-state index in [-0.39, 0.29) is 22.9 Å². The van der Waals surface area contributed by atoms with Gasteiger partial charge in [-0.3, -0.25) is 14.4 Å². The lowest BCUT2D eigenvalue weighted by Gasteiger charge is -2.18. The Morgan fingerprint density at radius 3 is 2.24 bits per heavy atom. The topological polar surface area (TPSA) is 118 Å². The van der Waals surface area contributed by atoms with Gasteiger partial charge in [-0.1, -0.05) is 12.1 Å². The van der Waals surface area contributed by atoms with Crippen LogP contribution in [-0.4, -0.2) is 48.3 Å². The molecule has 176 valence electrons. The zero-order valence-corrected chi connectivity index (χ0v) is 18.9. The van der Waals surface area contributed by atoms with Crippen molar-refractivity contribution in [1.29, 1.82) is 0 Å². The van der Waals surface area contributed by atoms with Gasteiger partial charge in [0.15, 0.2) is 12.4 Å². The maximum Gasteiger partial charge on any atom is 0.340 e. The minimum Gasteiger partial charge on any atom is -0.459 e. The summed E-state index contributed by atoms with van der Waals surface area (Å²) in [5, 5.41) is 5.20. The van der Waals surface area contributed by atoms with Crippen molar-refractivity contribution in [3.05, 3.63) is 83.8 Å². The standard InChI is InChI=1S/C25H25N3O6/c1-3-28(4-2)24(31)17-11-13-18(14-12-17)26-22(29)16-34-25(32)19-8-5-6-9-20(19)27-23(30)21-10-7-15-33-21/h5-15H,3-4,16H2,1-2H3,(H,26,29)(H,27,30). The Balaban J connectivity index is 1.56. The van der Waals surface area contributed by atoms with Crippen molar-refractivity contribution < 1.29 is 28.3 Å². The average molecular weight is 463 g/mol. The van der Waals surface area contributed by atoms with Crippen LogP contribution in [0.3, 0.4) is 0 Å². The lowest BCUT2D eigenvalue weighted by Crippen LogP contribution is -2.30. The number of benzene rings is 2. The molecule has 34 heavy (non-hydrogen) atoms. The molecule has 0 saturated carbocycles. The molecule has 1 heterocycles. The fraction of sp³-hybridized carbons (Fsp3) is 0.200. The van der Waals surface area contributed by atoms with Crippen molar-refractivity contribution in [2.45, 2.75) is 13.8 Å². The van der Waals surface area contributed by atoms with E-state index < -0.39 is 24.4 Å². The van der Waals surface area contributed by atoms with E-state index in [1.165, 1.54) is 18.4 Å². The van der Waals surface area contributed by atoms with Crippen LogP contribution in [0.4, 0.5) is 11.4 Å². The largest absolute Gasteiger partial charge is 0.459 e. The summed E-state index contributed by atoms with van der Waals surface area (Å²) in [5.74, 6) is -1.84. The van der Waals surface area contributed by atoms with Crippen molar-refractivity contribution in [2.75, 3.05) is 30.3 Å². The molecule has 0 radical (unpaired) electrons. The highest BCUT2D eigenvalue weighted by atomic mass is 16.5. The number of para-hydroxylation sites is 1. The first kappa shape index (κ1) is 24.2. The van der Waals surface area contributed by atoms with Gasteiger partial charge in [-0.25, -0.2) is 4.79 Å². The molecule has 2 aromatic carbocycles. The molecule has 3 aromatic rings. The SMILES string of the molecule is CCN(CC)C(=O)c1ccc(NC(=O)COC(=O)c2ccccc2NC(=O)c2ccco2)cc1. The van der Waals surface area contributed by atoms with E-state index in [2.05, 4.69) is 10.6 Å². The number of anilines is 2. The van der Waals surface area contributed by atoms with Crippen LogP contribution < -0.4 is 10.6 Å².